The maximum atomic E-state index is 8.59. The SMILES string of the molecule is O=C(O)O.[NH4+].[NH4+].[O]=[Cr](=[O])([O-])[O-]. The van der Waals surface area contributed by atoms with Crippen molar-refractivity contribution in [1.82, 2.24) is 12.3 Å². The summed E-state index contributed by atoms with van der Waals surface area (Å²) in [7, 11) is 0. The fraction of sp³-hybridized carbons (Fsp3) is 0. The van der Waals surface area contributed by atoms with Crippen LogP contribution < -0.4 is 20.6 Å². The van der Waals surface area contributed by atoms with Crippen molar-refractivity contribution in [3.63, 3.8) is 0 Å². The molecule has 0 bridgehead atoms. The number of hydrogen-bond donors (Lipinski definition) is 4. The number of hydrogen-bond acceptors (Lipinski definition) is 5. The Bertz CT molecular complexity index is 159. The zero-order chi connectivity index (χ0) is 8.08. The van der Waals surface area contributed by atoms with Crippen LogP contribution in [0, 0.1) is 0 Å². The van der Waals surface area contributed by atoms with Gasteiger partial charge in [0.1, 0.15) is 0 Å². The van der Waals surface area contributed by atoms with E-state index in [1.165, 1.54) is 0 Å². The van der Waals surface area contributed by atoms with Crippen LogP contribution in [0.15, 0.2) is 0 Å². The van der Waals surface area contributed by atoms with E-state index < -0.39 is 19.8 Å². The first-order chi connectivity index (χ1) is 3.73. The summed E-state index contributed by atoms with van der Waals surface area (Å²) < 4.78 is 34.4. The van der Waals surface area contributed by atoms with Gasteiger partial charge in [-0.3, -0.25) is 0 Å². The zero-order valence-corrected chi connectivity index (χ0v) is 7.12. The van der Waals surface area contributed by atoms with Crippen molar-refractivity contribution >= 4 is 6.16 Å². The molecule has 0 amide bonds. The van der Waals surface area contributed by atoms with E-state index in [9.17, 15) is 0 Å². The number of rotatable bonds is 0. The third-order valence-corrected chi connectivity index (χ3v) is 0. The van der Waals surface area contributed by atoms with Gasteiger partial charge in [0, 0.05) is 0 Å². The summed E-state index contributed by atoms with van der Waals surface area (Å²) in [6.45, 7) is 0. The molecule has 72 valence electrons. The van der Waals surface area contributed by atoms with Crippen molar-refractivity contribution in [2.24, 2.45) is 0 Å². The van der Waals surface area contributed by atoms with Crippen LogP contribution in [0.25, 0.3) is 0 Å². The summed E-state index contributed by atoms with van der Waals surface area (Å²) >= 11 is -5.75. The average Bonchev–Trinajstić information content (AvgIpc) is 1.19. The number of carboxylic acid groups (broad SMARTS) is 2. The Hall–Kier alpha value is -0.758. The van der Waals surface area contributed by atoms with Gasteiger partial charge in [-0.05, 0) is 0 Å². The molecule has 0 aliphatic carbocycles. The second kappa shape index (κ2) is 9.24. The molecular weight excluding hydrogens is 204 g/mol. The summed E-state index contributed by atoms with van der Waals surface area (Å²) in [4.78, 5) is 8.56. The van der Waals surface area contributed by atoms with Crippen molar-refractivity contribution in [2.75, 3.05) is 0 Å². The molecule has 0 aromatic carbocycles. The third kappa shape index (κ3) is 845. The van der Waals surface area contributed by atoms with Crippen LogP contribution in [-0.2, 0) is 21.2 Å². The topological polar surface area (TPSA) is 211 Å². The first kappa shape index (κ1) is 22.5. The van der Waals surface area contributed by atoms with E-state index in [1.54, 1.807) is 0 Å². The van der Waals surface area contributed by atoms with E-state index in [1.807, 2.05) is 0 Å². The molecule has 0 heterocycles. The first-order valence-electron chi connectivity index (χ1n) is 1.32. The Labute approximate surface area is 63.8 Å². The molecule has 0 atom stereocenters. The Kier molecular flexibility index (Phi) is 18.9. The number of quaternary nitrogens is 2. The second-order valence-corrected chi connectivity index (χ2v) is 1.97. The maximum absolute atomic E-state index is 8.59. The van der Waals surface area contributed by atoms with Crippen LogP contribution in [0.2, 0.25) is 0 Å². The Morgan fingerprint density at radius 3 is 1.09 bits per heavy atom. The van der Waals surface area contributed by atoms with Crippen LogP contribution in [0.4, 0.5) is 4.79 Å². The van der Waals surface area contributed by atoms with Crippen LogP contribution in [0.1, 0.15) is 0 Å². The molecule has 9 nitrogen and oxygen atoms in total. The van der Waals surface area contributed by atoms with Gasteiger partial charge in [0.2, 0.25) is 0 Å². The van der Waals surface area contributed by atoms with Gasteiger partial charge in [0.05, 0.1) is 0 Å². The molecule has 0 unspecified atom stereocenters. The second-order valence-electron chi connectivity index (χ2n) is 0.691. The van der Waals surface area contributed by atoms with Crippen LogP contribution in [0.3, 0.4) is 0 Å². The predicted molar refractivity (Wildman–Crippen MR) is 24.0 cm³/mol. The molecular formula is CH10CrN2O7. The van der Waals surface area contributed by atoms with E-state index >= 15 is 0 Å². The molecule has 0 spiro atoms. The molecule has 0 aliphatic rings. The zero-order valence-electron chi connectivity index (χ0n) is 5.84. The van der Waals surface area contributed by atoms with Gasteiger partial charge in [0.25, 0.3) is 0 Å². The molecule has 0 aromatic heterocycles. The standard InChI is InChI=1S/CH2O3.Cr.2H3N.4O/c2-1(3)4;;;;;;;/h(H2,2,3,4);;2*1H3;;;;/q;;;;;;2*-1/p+2. The fourth-order valence-electron chi connectivity index (χ4n) is 0. The molecule has 0 rings (SSSR count). The van der Waals surface area contributed by atoms with Gasteiger partial charge in [0.15, 0.2) is 0 Å². The molecule has 11 heavy (non-hydrogen) atoms. The molecule has 10 heteroatoms. The molecule has 0 aliphatic heterocycles. The molecule has 0 saturated carbocycles. The quantitative estimate of drug-likeness (QED) is 0.368. The van der Waals surface area contributed by atoms with Gasteiger partial charge in [-0.15, -0.1) is 0 Å². The molecule has 10 N–H and O–H groups in total. The predicted octanol–water partition coefficient (Wildman–Crippen LogP) is -1.64. The van der Waals surface area contributed by atoms with Crippen molar-refractivity contribution in [1.29, 1.82) is 0 Å². The first-order valence-corrected chi connectivity index (χ1v) is 3.40. The monoisotopic (exact) mass is 214 g/mol. The minimum absolute atomic E-state index is 0. The van der Waals surface area contributed by atoms with Gasteiger partial charge in [-0.25, -0.2) is 4.79 Å². The van der Waals surface area contributed by atoms with E-state index in [4.69, 9.17) is 30.9 Å². The molecule has 0 aromatic rings. The fourth-order valence-corrected chi connectivity index (χ4v) is 0. The summed E-state index contributed by atoms with van der Waals surface area (Å²) in [5, 5.41) is 13.9. The van der Waals surface area contributed by atoms with Gasteiger partial charge >= 0.3 is 35.7 Å². The number of carbonyl (C=O) groups is 1. The third-order valence-electron chi connectivity index (χ3n) is 0. The molecule has 0 radical (unpaired) electrons. The van der Waals surface area contributed by atoms with Gasteiger partial charge in [-0.2, -0.15) is 0 Å². The summed E-state index contributed by atoms with van der Waals surface area (Å²) in [5.74, 6) is 0. The van der Waals surface area contributed by atoms with Crippen LogP contribution >= 0.6 is 0 Å². The van der Waals surface area contributed by atoms with Gasteiger partial charge < -0.3 is 22.5 Å². The van der Waals surface area contributed by atoms with E-state index in [0.717, 1.165) is 0 Å². The summed E-state index contributed by atoms with van der Waals surface area (Å²) in [6, 6.07) is 0. The average molecular weight is 214 g/mol. The van der Waals surface area contributed by atoms with Crippen molar-refractivity contribution in [3.05, 3.63) is 0 Å². The van der Waals surface area contributed by atoms with Crippen LogP contribution in [0.5, 0.6) is 0 Å². The van der Waals surface area contributed by atoms with E-state index in [0.29, 0.717) is 0 Å². The summed E-state index contributed by atoms with van der Waals surface area (Å²) in [5.41, 5.74) is 0. The molecule has 0 fully saturated rings. The van der Waals surface area contributed by atoms with E-state index in [2.05, 4.69) is 0 Å². The van der Waals surface area contributed by atoms with Crippen molar-refractivity contribution in [3.8, 4) is 0 Å². The van der Waals surface area contributed by atoms with Crippen LogP contribution in [-0.4, -0.2) is 16.4 Å². The van der Waals surface area contributed by atoms with Gasteiger partial charge in [-0.1, -0.05) is 0 Å². The molecule has 0 saturated heterocycles. The Morgan fingerprint density at radius 2 is 1.09 bits per heavy atom. The Morgan fingerprint density at radius 1 is 1.09 bits per heavy atom. The van der Waals surface area contributed by atoms with Crippen molar-refractivity contribution in [2.45, 2.75) is 0 Å². The normalized spacial score (nSPS) is 7.45. The minimum atomic E-state index is -5.75. The van der Waals surface area contributed by atoms with Crippen molar-refractivity contribution < 1.29 is 44.5 Å². The summed E-state index contributed by atoms with van der Waals surface area (Å²) in [6.07, 6.45) is -1.83. The van der Waals surface area contributed by atoms with E-state index in [-0.39, 0.29) is 12.3 Å². The Balaban J connectivity index is -0.0000000383.